The van der Waals surface area contributed by atoms with Crippen molar-refractivity contribution in [2.24, 2.45) is 0 Å². The normalized spacial score (nSPS) is 11.0. The molecule has 0 saturated heterocycles. The van der Waals surface area contributed by atoms with Gasteiger partial charge < -0.3 is 11.5 Å². The van der Waals surface area contributed by atoms with Gasteiger partial charge in [-0.3, -0.25) is 14.8 Å². The van der Waals surface area contributed by atoms with Crippen LogP contribution in [0.2, 0.25) is 0 Å². The Morgan fingerprint density at radius 3 is 1.58 bits per heavy atom. The molecular weight excluding hydrogens is 300 g/mol. The number of aromatic nitrogens is 2. The van der Waals surface area contributed by atoms with Crippen molar-refractivity contribution in [3.63, 3.8) is 0 Å². The first-order valence-corrected chi connectivity index (χ1v) is 7.48. The fourth-order valence-electron chi connectivity index (χ4n) is 2.94. The van der Waals surface area contributed by atoms with Crippen LogP contribution < -0.4 is 11.5 Å². The summed E-state index contributed by atoms with van der Waals surface area (Å²) in [6.07, 6.45) is 3.18. The summed E-state index contributed by atoms with van der Waals surface area (Å²) in [4.78, 5) is 21.6. The average Bonchev–Trinajstić information content (AvgIpc) is 2.61. The smallest absolute Gasteiger partial charge is 0.230 e. The molecule has 0 aliphatic heterocycles. The van der Waals surface area contributed by atoms with E-state index >= 15 is 0 Å². The predicted molar refractivity (Wildman–Crippen MR) is 95.7 cm³/mol. The Balaban J connectivity index is 1.98. The van der Waals surface area contributed by atoms with Gasteiger partial charge in [0.2, 0.25) is 5.78 Å². The summed E-state index contributed by atoms with van der Waals surface area (Å²) in [7, 11) is 0. The molecule has 24 heavy (non-hydrogen) atoms. The highest BCUT2D eigenvalue weighted by atomic mass is 16.1. The highest BCUT2D eigenvalue weighted by Crippen LogP contribution is 2.27. The van der Waals surface area contributed by atoms with Gasteiger partial charge in [-0.15, -0.1) is 0 Å². The van der Waals surface area contributed by atoms with Crippen molar-refractivity contribution >= 4 is 38.7 Å². The van der Waals surface area contributed by atoms with Gasteiger partial charge in [-0.05, 0) is 24.3 Å². The maximum atomic E-state index is 13.1. The number of carbonyl (C=O) groups is 1. The molecule has 0 aliphatic rings. The molecule has 5 nitrogen and oxygen atoms in total. The molecule has 0 atom stereocenters. The standard InChI is InChI=1S/C19H14N4O/c20-15-5-1-3-13-11(15)7-9-22-17(13)19(24)18-14-4-2-6-16(21)12(14)8-10-23-18/h1-10H,20-21H2. The number of anilines is 2. The molecule has 0 fully saturated rings. The van der Waals surface area contributed by atoms with E-state index in [0.29, 0.717) is 33.5 Å². The van der Waals surface area contributed by atoms with Gasteiger partial charge in [0.15, 0.2) is 0 Å². The molecule has 0 spiro atoms. The molecule has 0 unspecified atom stereocenters. The summed E-state index contributed by atoms with van der Waals surface area (Å²) < 4.78 is 0. The Labute approximate surface area is 137 Å². The number of rotatable bonds is 2. The van der Waals surface area contributed by atoms with Gasteiger partial charge in [0.05, 0.1) is 0 Å². The Bertz CT molecular complexity index is 1020. The second-order valence-electron chi connectivity index (χ2n) is 5.53. The van der Waals surface area contributed by atoms with Crippen molar-refractivity contribution in [3.8, 4) is 0 Å². The third-order valence-corrected chi connectivity index (χ3v) is 4.11. The lowest BCUT2D eigenvalue weighted by atomic mass is 10.0. The van der Waals surface area contributed by atoms with Gasteiger partial charge in [-0.1, -0.05) is 24.3 Å². The summed E-state index contributed by atoms with van der Waals surface area (Å²) in [6, 6.07) is 14.5. The third kappa shape index (κ3) is 2.06. The van der Waals surface area contributed by atoms with E-state index in [2.05, 4.69) is 9.97 Å². The average molecular weight is 314 g/mol. The minimum Gasteiger partial charge on any atom is -0.398 e. The number of fused-ring (bicyclic) bond motifs is 2. The van der Waals surface area contributed by atoms with Gasteiger partial charge in [0, 0.05) is 45.3 Å². The van der Waals surface area contributed by atoms with Gasteiger partial charge in [-0.25, -0.2) is 0 Å². The van der Waals surface area contributed by atoms with E-state index in [0.717, 1.165) is 10.8 Å². The maximum Gasteiger partial charge on any atom is 0.230 e. The van der Waals surface area contributed by atoms with Gasteiger partial charge in [-0.2, -0.15) is 0 Å². The molecule has 4 N–H and O–H groups in total. The summed E-state index contributed by atoms with van der Waals surface area (Å²) in [5.74, 6) is -0.248. The summed E-state index contributed by atoms with van der Waals surface area (Å²) in [6.45, 7) is 0. The van der Waals surface area contributed by atoms with Crippen molar-refractivity contribution in [2.75, 3.05) is 11.5 Å². The molecule has 2 aromatic heterocycles. The maximum absolute atomic E-state index is 13.1. The summed E-state index contributed by atoms with van der Waals surface area (Å²) in [5, 5.41) is 3.03. The topological polar surface area (TPSA) is 94.9 Å². The van der Waals surface area contributed by atoms with Crippen LogP contribution in [0.5, 0.6) is 0 Å². The molecule has 5 heteroatoms. The van der Waals surface area contributed by atoms with Crippen LogP contribution in [0.15, 0.2) is 60.9 Å². The number of benzene rings is 2. The minimum absolute atomic E-state index is 0.248. The van der Waals surface area contributed by atoms with Gasteiger partial charge in [0.25, 0.3) is 0 Å². The molecule has 4 rings (SSSR count). The van der Waals surface area contributed by atoms with E-state index in [1.54, 1.807) is 36.7 Å². The zero-order chi connectivity index (χ0) is 16.7. The van der Waals surface area contributed by atoms with Gasteiger partial charge >= 0.3 is 0 Å². The van der Waals surface area contributed by atoms with Crippen LogP contribution in [0.4, 0.5) is 11.4 Å². The van der Waals surface area contributed by atoms with Crippen molar-refractivity contribution < 1.29 is 4.79 Å². The van der Waals surface area contributed by atoms with Crippen molar-refractivity contribution in [2.45, 2.75) is 0 Å². The zero-order valence-corrected chi connectivity index (χ0v) is 12.7. The number of nitrogen functional groups attached to an aromatic ring is 2. The Hall–Kier alpha value is -3.47. The number of ketones is 1. The SMILES string of the molecule is Nc1cccc2c(C(=O)c3nccc4c(N)cccc34)nccc12. The largest absolute Gasteiger partial charge is 0.398 e. The Kier molecular flexibility index (Phi) is 3.13. The van der Waals surface area contributed by atoms with Crippen LogP contribution in [-0.4, -0.2) is 15.8 Å². The van der Waals surface area contributed by atoms with Crippen molar-refractivity contribution in [3.05, 3.63) is 72.3 Å². The lowest BCUT2D eigenvalue weighted by Crippen LogP contribution is -2.08. The van der Waals surface area contributed by atoms with E-state index in [1.165, 1.54) is 0 Å². The first kappa shape index (κ1) is 14.1. The molecule has 2 aromatic carbocycles. The first-order chi connectivity index (χ1) is 11.7. The van der Waals surface area contributed by atoms with Gasteiger partial charge in [0.1, 0.15) is 11.4 Å². The molecule has 0 saturated carbocycles. The zero-order valence-electron chi connectivity index (χ0n) is 12.7. The highest BCUT2D eigenvalue weighted by Gasteiger charge is 2.19. The highest BCUT2D eigenvalue weighted by molar-refractivity contribution is 6.20. The van der Waals surface area contributed by atoms with Crippen LogP contribution in [-0.2, 0) is 0 Å². The van der Waals surface area contributed by atoms with E-state index in [9.17, 15) is 4.79 Å². The fourth-order valence-corrected chi connectivity index (χ4v) is 2.94. The van der Waals surface area contributed by atoms with Crippen LogP contribution in [0, 0.1) is 0 Å². The molecule has 0 aliphatic carbocycles. The summed E-state index contributed by atoms with van der Waals surface area (Å²) in [5.41, 5.74) is 13.9. The van der Waals surface area contributed by atoms with Crippen molar-refractivity contribution in [1.82, 2.24) is 9.97 Å². The fraction of sp³-hybridized carbons (Fsp3) is 0. The second kappa shape index (κ2) is 5.31. The van der Waals surface area contributed by atoms with E-state index in [1.807, 2.05) is 24.3 Å². The van der Waals surface area contributed by atoms with E-state index in [4.69, 9.17) is 11.5 Å². The minimum atomic E-state index is -0.248. The number of nitrogens with zero attached hydrogens (tertiary/aromatic N) is 2. The Morgan fingerprint density at radius 1 is 0.667 bits per heavy atom. The number of carbonyl (C=O) groups excluding carboxylic acids is 1. The molecule has 0 bridgehead atoms. The first-order valence-electron chi connectivity index (χ1n) is 7.48. The van der Waals surface area contributed by atoms with E-state index < -0.39 is 0 Å². The van der Waals surface area contributed by atoms with E-state index in [-0.39, 0.29) is 5.78 Å². The van der Waals surface area contributed by atoms with Crippen LogP contribution >= 0.6 is 0 Å². The third-order valence-electron chi connectivity index (χ3n) is 4.11. The molecule has 4 aromatic rings. The Morgan fingerprint density at radius 2 is 1.12 bits per heavy atom. The quantitative estimate of drug-likeness (QED) is 0.438. The number of hydrogen-bond donors (Lipinski definition) is 2. The predicted octanol–water partition coefficient (Wildman–Crippen LogP) is 3.18. The van der Waals surface area contributed by atoms with Crippen molar-refractivity contribution in [1.29, 1.82) is 0 Å². The molecule has 0 radical (unpaired) electrons. The van der Waals surface area contributed by atoms with Crippen LogP contribution in [0.3, 0.4) is 0 Å². The number of hydrogen-bond acceptors (Lipinski definition) is 5. The van der Waals surface area contributed by atoms with Crippen LogP contribution in [0.1, 0.15) is 16.2 Å². The molecular formula is C19H14N4O. The lowest BCUT2D eigenvalue weighted by molar-refractivity contribution is 0.103. The molecule has 116 valence electrons. The van der Waals surface area contributed by atoms with Crippen LogP contribution in [0.25, 0.3) is 21.5 Å². The summed E-state index contributed by atoms with van der Waals surface area (Å²) >= 11 is 0. The lowest BCUT2D eigenvalue weighted by Gasteiger charge is -2.09. The number of nitrogens with two attached hydrogens (primary N) is 2. The number of pyridine rings is 2. The molecule has 0 amide bonds. The second-order valence-corrected chi connectivity index (χ2v) is 5.53. The molecule has 2 heterocycles. The monoisotopic (exact) mass is 314 g/mol.